The van der Waals surface area contributed by atoms with Crippen molar-refractivity contribution in [1.29, 1.82) is 0 Å². The quantitative estimate of drug-likeness (QED) is 0.259. The van der Waals surface area contributed by atoms with Gasteiger partial charge in [0, 0.05) is 28.7 Å². The molecule has 5 rings (SSSR count). The van der Waals surface area contributed by atoms with E-state index in [-0.39, 0.29) is 29.4 Å². The molecule has 0 radical (unpaired) electrons. The molecule has 0 bridgehead atoms. The van der Waals surface area contributed by atoms with Gasteiger partial charge in [-0.1, -0.05) is 12.1 Å². The molecule has 3 aromatic carbocycles. The first kappa shape index (κ1) is 24.8. The maximum atomic E-state index is 13.1. The van der Waals surface area contributed by atoms with Gasteiger partial charge in [0.05, 0.1) is 27.6 Å². The number of fused-ring (bicyclic) bond motifs is 1. The number of hydrogen-bond acceptors (Lipinski definition) is 6. The second-order valence-electron chi connectivity index (χ2n) is 8.48. The maximum absolute atomic E-state index is 13.1. The highest BCUT2D eigenvalue weighted by atomic mass is 32.2. The van der Waals surface area contributed by atoms with Crippen LogP contribution in [0.5, 0.6) is 0 Å². The number of carbonyl (C=O) groups is 5. The number of anilines is 2. The van der Waals surface area contributed by atoms with Crippen molar-refractivity contribution in [2.45, 2.75) is 16.6 Å². The zero-order valence-electron chi connectivity index (χ0n) is 19.5. The number of imide groups is 1. The average Bonchev–Trinajstić information content (AvgIpc) is 3.46. The summed E-state index contributed by atoms with van der Waals surface area (Å²) < 4.78 is 0. The summed E-state index contributed by atoms with van der Waals surface area (Å²) in [5.74, 6) is -4.14. The molecule has 3 amide bonds. The molecule has 11 heteroatoms. The van der Waals surface area contributed by atoms with E-state index in [9.17, 15) is 29.1 Å². The van der Waals surface area contributed by atoms with E-state index in [0.29, 0.717) is 16.3 Å². The summed E-state index contributed by atoms with van der Waals surface area (Å²) in [6, 6.07) is 17.0. The van der Waals surface area contributed by atoms with Crippen molar-refractivity contribution in [3.63, 3.8) is 0 Å². The van der Waals surface area contributed by atoms with E-state index in [1.165, 1.54) is 16.7 Å². The molecule has 190 valence electrons. The number of H-pyrrole nitrogens is 1. The monoisotopic (exact) mass is 529 g/mol. The predicted octanol–water partition coefficient (Wildman–Crippen LogP) is 4.24. The number of aromatic amines is 1. The zero-order valence-corrected chi connectivity index (χ0v) is 20.3. The molecule has 1 saturated heterocycles. The summed E-state index contributed by atoms with van der Waals surface area (Å²) in [6.07, 6.45) is 1.79. The van der Waals surface area contributed by atoms with E-state index in [2.05, 4.69) is 10.3 Å². The topological polar surface area (TPSA) is 157 Å². The number of rotatable bonds is 7. The molecule has 1 unspecified atom stereocenters. The highest BCUT2D eigenvalue weighted by Crippen LogP contribution is 2.35. The number of amides is 3. The fourth-order valence-corrected chi connectivity index (χ4v) is 5.32. The van der Waals surface area contributed by atoms with Crippen molar-refractivity contribution in [1.82, 2.24) is 4.98 Å². The molecule has 0 spiro atoms. The van der Waals surface area contributed by atoms with Gasteiger partial charge in [-0.25, -0.2) is 14.5 Å². The second-order valence-corrected chi connectivity index (χ2v) is 9.76. The normalized spacial score (nSPS) is 15.2. The molecule has 0 saturated carbocycles. The summed E-state index contributed by atoms with van der Waals surface area (Å²) in [5.41, 5.74) is 0.736. The van der Waals surface area contributed by atoms with Gasteiger partial charge in [-0.15, -0.1) is 11.8 Å². The lowest BCUT2D eigenvalue weighted by Gasteiger charge is -2.15. The minimum Gasteiger partial charge on any atom is -0.478 e. The number of carboxylic acids is 2. The van der Waals surface area contributed by atoms with Crippen LogP contribution in [-0.2, 0) is 9.59 Å². The van der Waals surface area contributed by atoms with E-state index >= 15 is 0 Å². The van der Waals surface area contributed by atoms with Crippen LogP contribution in [0.2, 0.25) is 0 Å². The van der Waals surface area contributed by atoms with Crippen LogP contribution >= 0.6 is 11.8 Å². The number of benzene rings is 3. The smallest absolute Gasteiger partial charge is 0.336 e. The van der Waals surface area contributed by atoms with Crippen LogP contribution in [-0.4, -0.2) is 50.1 Å². The Morgan fingerprint density at radius 1 is 0.921 bits per heavy atom. The molecule has 4 aromatic rings. The van der Waals surface area contributed by atoms with Crippen molar-refractivity contribution in [3.05, 3.63) is 89.6 Å². The number of carbonyl (C=O) groups excluding carboxylic acids is 3. The SMILES string of the molecule is O=C(O)c1ccc(C(=O)Nc2cccc(SC3CC(=O)N(c4ccc5cc[nH]c5c4)C3=O)c2)c(C(=O)O)c1. The fraction of sp³-hybridized carbons (Fsp3) is 0.0741. The Kier molecular flexibility index (Phi) is 6.43. The number of carboxylic acid groups (broad SMARTS) is 2. The van der Waals surface area contributed by atoms with Crippen molar-refractivity contribution in [2.24, 2.45) is 0 Å². The van der Waals surface area contributed by atoms with Crippen molar-refractivity contribution in [2.75, 3.05) is 10.2 Å². The van der Waals surface area contributed by atoms with Crippen LogP contribution in [0.25, 0.3) is 10.9 Å². The van der Waals surface area contributed by atoms with E-state index in [4.69, 9.17) is 5.11 Å². The van der Waals surface area contributed by atoms with Crippen molar-refractivity contribution >= 4 is 63.7 Å². The molecule has 38 heavy (non-hydrogen) atoms. The molecule has 10 nitrogen and oxygen atoms in total. The van der Waals surface area contributed by atoms with Gasteiger partial charge in [0.15, 0.2) is 0 Å². The maximum Gasteiger partial charge on any atom is 0.336 e. The highest BCUT2D eigenvalue weighted by molar-refractivity contribution is 8.00. The number of thioether (sulfide) groups is 1. The van der Waals surface area contributed by atoms with Crippen LogP contribution < -0.4 is 10.2 Å². The van der Waals surface area contributed by atoms with Gasteiger partial charge in [-0.3, -0.25) is 14.4 Å². The third-order valence-electron chi connectivity index (χ3n) is 6.01. The zero-order chi connectivity index (χ0) is 27.0. The minimum absolute atomic E-state index is 0.0146. The van der Waals surface area contributed by atoms with Crippen LogP contribution in [0.4, 0.5) is 11.4 Å². The third kappa shape index (κ3) is 4.74. The minimum atomic E-state index is -1.44. The van der Waals surface area contributed by atoms with Crippen molar-refractivity contribution in [3.8, 4) is 0 Å². The van der Waals surface area contributed by atoms with Gasteiger partial charge in [-0.2, -0.15) is 0 Å². The fourth-order valence-electron chi connectivity index (χ4n) is 4.20. The van der Waals surface area contributed by atoms with E-state index in [1.54, 1.807) is 42.6 Å². The second kappa shape index (κ2) is 9.87. The summed E-state index contributed by atoms with van der Waals surface area (Å²) in [6.45, 7) is 0. The Morgan fingerprint density at radius 2 is 1.74 bits per heavy atom. The average molecular weight is 530 g/mol. The first-order valence-electron chi connectivity index (χ1n) is 11.3. The van der Waals surface area contributed by atoms with Gasteiger partial charge in [-0.05, 0) is 60.0 Å². The Morgan fingerprint density at radius 3 is 2.50 bits per heavy atom. The molecule has 1 fully saturated rings. The molecule has 4 N–H and O–H groups in total. The summed E-state index contributed by atoms with van der Waals surface area (Å²) in [7, 11) is 0. The predicted molar refractivity (Wildman–Crippen MR) is 140 cm³/mol. The Bertz CT molecular complexity index is 1640. The number of aromatic nitrogens is 1. The number of hydrogen-bond donors (Lipinski definition) is 4. The van der Waals surface area contributed by atoms with Gasteiger partial charge in [0.2, 0.25) is 11.8 Å². The van der Waals surface area contributed by atoms with Gasteiger partial charge >= 0.3 is 11.9 Å². The van der Waals surface area contributed by atoms with E-state index in [1.807, 2.05) is 12.1 Å². The van der Waals surface area contributed by atoms with Crippen LogP contribution in [0.3, 0.4) is 0 Å². The van der Waals surface area contributed by atoms with Crippen molar-refractivity contribution < 1.29 is 34.2 Å². The number of nitrogens with one attached hydrogen (secondary N) is 2. The van der Waals surface area contributed by atoms with Crippen LogP contribution in [0.1, 0.15) is 37.5 Å². The first-order chi connectivity index (χ1) is 18.2. The molecular weight excluding hydrogens is 510 g/mol. The van der Waals surface area contributed by atoms with Gasteiger partial charge in [0.25, 0.3) is 5.91 Å². The molecule has 1 aliphatic heterocycles. The molecule has 2 heterocycles. The Balaban J connectivity index is 1.32. The van der Waals surface area contributed by atoms with Crippen LogP contribution in [0.15, 0.2) is 77.8 Å². The summed E-state index contributed by atoms with van der Waals surface area (Å²) >= 11 is 1.19. The largest absolute Gasteiger partial charge is 0.478 e. The van der Waals surface area contributed by atoms with Gasteiger partial charge in [0.1, 0.15) is 0 Å². The molecular formula is C27H19N3O7S. The van der Waals surface area contributed by atoms with Crippen LogP contribution in [0, 0.1) is 0 Å². The molecule has 1 aliphatic rings. The molecule has 1 aromatic heterocycles. The van der Waals surface area contributed by atoms with Gasteiger partial charge < -0.3 is 20.5 Å². The lowest BCUT2D eigenvalue weighted by Crippen LogP contribution is -2.31. The first-order valence-corrected chi connectivity index (χ1v) is 12.2. The van der Waals surface area contributed by atoms with E-state index < -0.39 is 28.7 Å². The number of nitrogens with zero attached hydrogens (tertiary/aromatic N) is 1. The number of aromatic carboxylic acids is 2. The Labute approximate surface area is 219 Å². The summed E-state index contributed by atoms with van der Waals surface area (Å²) in [5, 5.41) is 21.5. The highest BCUT2D eigenvalue weighted by Gasteiger charge is 2.40. The summed E-state index contributed by atoms with van der Waals surface area (Å²) in [4.78, 5) is 66.3. The Hall–Kier alpha value is -4.90. The molecule has 0 aliphatic carbocycles. The lowest BCUT2D eigenvalue weighted by molar-refractivity contribution is -0.121. The lowest BCUT2D eigenvalue weighted by atomic mass is 10.0. The van der Waals surface area contributed by atoms with E-state index in [0.717, 1.165) is 29.1 Å². The molecule has 1 atom stereocenters. The third-order valence-corrected chi connectivity index (χ3v) is 7.19. The standard InChI is InChI=1S/C27H19N3O7S/c31-23-13-22(25(33)30(23)17-6-4-14-8-9-28-21(14)12-17)38-18-3-1-2-16(11-18)29-24(32)19-7-5-15(26(34)35)10-20(19)27(36)37/h1-12,22,28H,13H2,(H,29,32)(H,34,35)(H,36,37).